The number of ketones is 1. The average molecular weight is 445 g/mol. The molecule has 32 heavy (non-hydrogen) atoms. The summed E-state index contributed by atoms with van der Waals surface area (Å²) in [6.07, 6.45) is 2.17. The summed E-state index contributed by atoms with van der Waals surface area (Å²) >= 11 is 0. The predicted molar refractivity (Wildman–Crippen MR) is 118 cm³/mol. The van der Waals surface area contributed by atoms with Gasteiger partial charge in [-0.25, -0.2) is 9.18 Å². The molecule has 0 bridgehead atoms. The highest BCUT2D eigenvalue weighted by atomic mass is 19.1. The molecule has 4 N–H and O–H groups in total. The van der Waals surface area contributed by atoms with Crippen LogP contribution >= 0.6 is 0 Å². The second-order valence-electron chi connectivity index (χ2n) is 8.06. The van der Waals surface area contributed by atoms with Crippen molar-refractivity contribution in [3.63, 3.8) is 0 Å². The van der Waals surface area contributed by atoms with Gasteiger partial charge in [0, 0.05) is 6.54 Å². The number of aryl methyl sites for hydroxylation is 1. The standard InChI is InChI=1S/C22H28FN5O4/c1-3-27-21(31)18(17(29)12-26-9-5-4-6-16(26)20(25)30)19(24)28(22(27)32)11-14-7-8-15(23)10-13(14)2/h7-8,10,16H,3-6,9,11-12,24H2,1-2H3,(H2,25,30). The highest BCUT2D eigenvalue weighted by molar-refractivity contribution is 6.01. The maximum atomic E-state index is 13.5. The second-order valence-corrected chi connectivity index (χ2v) is 8.06. The molecule has 1 unspecified atom stereocenters. The summed E-state index contributed by atoms with van der Waals surface area (Å²) in [6, 6.07) is 3.55. The first-order valence-electron chi connectivity index (χ1n) is 10.6. The van der Waals surface area contributed by atoms with E-state index < -0.39 is 34.8 Å². The summed E-state index contributed by atoms with van der Waals surface area (Å²) in [7, 11) is 0. The molecule has 1 aromatic heterocycles. The van der Waals surface area contributed by atoms with Gasteiger partial charge in [-0.3, -0.25) is 28.4 Å². The molecule has 0 saturated carbocycles. The monoisotopic (exact) mass is 445 g/mol. The Hall–Kier alpha value is -3.27. The highest BCUT2D eigenvalue weighted by Crippen LogP contribution is 2.19. The zero-order valence-corrected chi connectivity index (χ0v) is 18.3. The molecular formula is C22H28FN5O4. The fourth-order valence-corrected chi connectivity index (χ4v) is 4.18. The van der Waals surface area contributed by atoms with Crippen LogP contribution in [0.1, 0.15) is 47.7 Å². The number of nitrogens with zero attached hydrogens (tertiary/aromatic N) is 3. The third-order valence-electron chi connectivity index (χ3n) is 5.98. The normalized spacial score (nSPS) is 16.8. The number of benzene rings is 1. The van der Waals surface area contributed by atoms with Gasteiger partial charge in [-0.05, 0) is 56.5 Å². The molecule has 10 heteroatoms. The molecule has 1 fully saturated rings. The van der Waals surface area contributed by atoms with Crippen molar-refractivity contribution in [3.05, 3.63) is 61.5 Å². The highest BCUT2D eigenvalue weighted by Gasteiger charge is 2.31. The zero-order chi connectivity index (χ0) is 23.6. The van der Waals surface area contributed by atoms with Crippen LogP contribution in [-0.2, 0) is 17.9 Å². The Morgan fingerprint density at radius 3 is 2.53 bits per heavy atom. The van der Waals surface area contributed by atoms with Crippen molar-refractivity contribution < 1.29 is 14.0 Å². The molecule has 1 atom stereocenters. The minimum absolute atomic E-state index is 0.0229. The number of amides is 1. The number of Topliss-reactive ketones (excluding diaryl/α,β-unsaturated/α-hetero) is 1. The van der Waals surface area contributed by atoms with E-state index in [0.717, 1.165) is 22.0 Å². The van der Waals surface area contributed by atoms with Crippen molar-refractivity contribution in [1.29, 1.82) is 0 Å². The van der Waals surface area contributed by atoms with Gasteiger partial charge in [-0.1, -0.05) is 12.5 Å². The Bertz CT molecular complexity index is 1170. The first kappa shape index (κ1) is 23.4. The lowest BCUT2D eigenvalue weighted by molar-refractivity contribution is -0.124. The van der Waals surface area contributed by atoms with Crippen molar-refractivity contribution in [3.8, 4) is 0 Å². The summed E-state index contributed by atoms with van der Waals surface area (Å²) in [4.78, 5) is 52.5. The number of likely N-dealkylation sites (tertiary alicyclic amines) is 1. The lowest BCUT2D eigenvalue weighted by Gasteiger charge is -2.33. The van der Waals surface area contributed by atoms with Gasteiger partial charge in [-0.15, -0.1) is 0 Å². The minimum Gasteiger partial charge on any atom is -0.384 e. The first-order chi connectivity index (χ1) is 15.1. The van der Waals surface area contributed by atoms with Crippen molar-refractivity contribution in [2.24, 2.45) is 5.73 Å². The van der Waals surface area contributed by atoms with Gasteiger partial charge in [0.1, 0.15) is 17.2 Å². The van der Waals surface area contributed by atoms with Gasteiger partial charge in [0.2, 0.25) is 5.91 Å². The van der Waals surface area contributed by atoms with E-state index in [-0.39, 0.29) is 31.0 Å². The molecule has 3 rings (SSSR count). The molecule has 1 saturated heterocycles. The molecule has 0 radical (unpaired) electrons. The number of nitrogens with two attached hydrogens (primary N) is 2. The Labute approximate surface area is 184 Å². The number of anilines is 1. The number of nitrogen functional groups attached to an aromatic ring is 1. The Morgan fingerprint density at radius 1 is 1.19 bits per heavy atom. The lowest BCUT2D eigenvalue weighted by Crippen LogP contribution is -2.51. The van der Waals surface area contributed by atoms with Crippen LogP contribution in [0.2, 0.25) is 0 Å². The average Bonchev–Trinajstić information content (AvgIpc) is 2.73. The molecule has 1 aliphatic heterocycles. The number of piperidine rings is 1. The maximum Gasteiger partial charge on any atom is 0.332 e. The van der Waals surface area contributed by atoms with Gasteiger partial charge < -0.3 is 11.5 Å². The number of primary amides is 1. The van der Waals surface area contributed by atoms with E-state index in [0.29, 0.717) is 24.1 Å². The summed E-state index contributed by atoms with van der Waals surface area (Å²) in [5.41, 5.74) is 11.2. The molecule has 0 spiro atoms. The summed E-state index contributed by atoms with van der Waals surface area (Å²) in [5.74, 6) is -1.75. The van der Waals surface area contributed by atoms with Gasteiger partial charge in [0.15, 0.2) is 5.78 Å². The number of hydrogen-bond acceptors (Lipinski definition) is 6. The van der Waals surface area contributed by atoms with Crippen LogP contribution < -0.4 is 22.7 Å². The number of carbonyl (C=O) groups excluding carboxylic acids is 2. The van der Waals surface area contributed by atoms with Crippen LogP contribution in [0.25, 0.3) is 0 Å². The van der Waals surface area contributed by atoms with Crippen molar-refractivity contribution in [2.45, 2.75) is 52.2 Å². The topological polar surface area (TPSA) is 133 Å². The fraction of sp³-hybridized carbons (Fsp3) is 0.455. The van der Waals surface area contributed by atoms with E-state index in [1.54, 1.807) is 18.7 Å². The van der Waals surface area contributed by atoms with Crippen LogP contribution in [-0.4, -0.2) is 44.9 Å². The van der Waals surface area contributed by atoms with E-state index >= 15 is 0 Å². The number of halogens is 1. The minimum atomic E-state index is -0.764. The smallest absolute Gasteiger partial charge is 0.332 e. The number of aromatic nitrogens is 2. The Balaban J connectivity index is 2.04. The summed E-state index contributed by atoms with van der Waals surface area (Å²) < 4.78 is 15.6. The van der Waals surface area contributed by atoms with Gasteiger partial charge in [0.25, 0.3) is 5.56 Å². The van der Waals surface area contributed by atoms with E-state index in [9.17, 15) is 23.6 Å². The molecule has 2 aromatic rings. The zero-order valence-electron chi connectivity index (χ0n) is 18.3. The molecule has 0 aliphatic carbocycles. The number of carbonyl (C=O) groups is 2. The van der Waals surface area contributed by atoms with E-state index in [2.05, 4.69) is 0 Å². The first-order valence-corrected chi connectivity index (χ1v) is 10.6. The Kier molecular flexibility index (Phi) is 6.93. The molecule has 2 heterocycles. The predicted octanol–water partition coefficient (Wildman–Crippen LogP) is 0.630. The van der Waals surface area contributed by atoms with Crippen LogP contribution in [0.5, 0.6) is 0 Å². The second kappa shape index (κ2) is 9.47. The van der Waals surface area contributed by atoms with Gasteiger partial charge >= 0.3 is 5.69 Å². The van der Waals surface area contributed by atoms with Crippen LogP contribution in [0.3, 0.4) is 0 Å². The van der Waals surface area contributed by atoms with Crippen LogP contribution in [0.15, 0.2) is 27.8 Å². The third kappa shape index (κ3) is 4.50. The van der Waals surface area contributed by atoms with Gasteiger partial charge in [0.05, 0.1) is 19.1 Å². The van der Waals surface area contributed by atoms with Crippen molar-refractivity contribution in [2.75, 3.05) is 18.8 Å². The van der Waals surface area contributed by atoms with Crippen molar-refractivity contribution in [1.82, 2.24) is 14.0 Å². The summed E-state index contributed by atoms with van der Waals surface area (Å²) in [6.45, 7) is 3.63. The van der Waals surface area contributed by atoms with Crippen LogP contribution in [0, 0.1) is 12.7 Å². The molecule has 172 valence electrons. The number of rotatable bonds is 7. The maximum absolute atomic E-state index is 13.5. The van der Waals surface area contributed by atoms with Crippen LogP contribution in [0.4, 0.5) is 10.2 Å². The molecular weight excluding hydrogens is 417 g/mol. The Morgan fingerprint density at radius 2 is 1.91 bits per heavy atom. The number of hydrogen-bond donors (Lipinski definition) is 2. The SMILES string of the molecule is CCn1c(=O)c(C(=O)CN2CCCCC2C(N)=O)c(N)n(Cc2ccc(F)cc2C)c1=O. The van der Waals surface area contributed by atoms with E-state index in [1.165, 1.54) is 18.2 Å². The molecule has 1 amide bonds. The lowest BCUT2D eigenvalue weighted by atomic mass is 10.0. The van der Waals surface area contributed by atoms with E-state index in [1.807, 2.05) is 0 Å². The largest absolute Gasteiger partial charge is 0.384 e. The molecule has 1 aromatic carbocycles. The summed E-state index contributed by atoms with van der Waals surface area (Å²) in [5, 5.41) is 0. The quantitative estimate of drug-likeness (QED) is 0.601. The van der Waals surface area contributed by atoms with Crippen molar-refractivity contribution >= 4 is 17.5 Å². The molecule has 9 nitrogen and oxygen atoms in total. The van der Waals surface area contributed by atoms with Gasteiger partial charge in [-0.2, -0.15) is 0 Å². The fourth-order valence-electron chi connectivity index (χ4n) is 4.18. The third-order valence-corrected chi connectivity index (χ3v) is 5.98. The molecule has 1 aliphatic rings. The van der Waals surface area contributed by atoms with E-state index in [4.69, 9.17) is 11.5 Å².